The minimum absolute atomic E-state index is 0.310. The van der Waals surface area contributed by atoms with Crippen molar-refractivity contribution in [2.24, 2.45) is 4.99 Å². The Morgan fingerprint density at radius 3 is 2.69 bits per heavy atom. The zero-order valence-corrected chi connectivity index (χ0v) is 17.4. The standard InChI is InChI=1S/C22H27ClN6/c1-24-22(26-15-17-6-8-19(9-7-17)28-12-2-3-13-28)27-18-10-14-29(16-18)21-20(23)5-4-11-25-21/h2-9,11,18H,10,12-16H2,1H3,(H2,24,26,27). The minimum atomic E-state index is 0.310. The molecule has 6 nitrogen and oxygen atoms in total. The third-order valence-electron chi connectivity index (χ3n) is 5.37. The van der Waals surface area contributed by atoms with Crippen molar-refractivity contribution < 1.29 is 0 Å². The topological polar surface area (TPSA) is 55.8 Å². The van der Waals surface area contributed by atoms with Gasteiger partial charge in [0, 0.05) is 57.7 Å². The quantitative estimate of drug-likeness (QED) is 0.450. The van der Waals surface area contributed by atoms with Crippen molar-refractivity contribution in [3.8, 4) is 0 Å². The zero-order valence-electron chi connectivity index (χ0n) is 16.7. The number of pyridine rings is 1. The van der Waals surface area contributed by atoms with Gasteiger partial charge < -0.3 is 20.4 Å². The number of hydrogen-bond donors (Lipinski definition) is 2. The Bertz CT molecular complexity index is 871. The number of halogens is 1. The van der Waals surface area contributed by atoms with Gasteiger partial charge in [-0.3, -0.25) is 4.99 Å². The van der Waals surface area contributed by atoms with Gasteiger partial charge in [0.05, 0.1) is 5.02 Å². The number of aromatic nitrogens is 1. The van der Waals surface area contributed by atoms with E-state index in [4.69, 9.17) is 11.6 Å². The van der Waals surface area contributed by atoms with Gasteiger partial charge in [0.1, 0.15) is 5.82 Å². The Balaban J connectivity index is 1.27. The highest BCUT2D eigenvalue weighted by molar-refractivity contribution is 6.32. The fourth-order valence-electron chi connectivity index (χ4n) is 3.77. The molecule has 1 fully saturated rings. The molecule has 0 amide bonds. The highest BCUT2D eigenvalue weighted by atomic mass is 35.5. The van der Waals surface area contributed by atoms with Crippen LogP contribution in [0.4, 0.5) is 11.5 Å². The first kappa shape index (κ1) is 19.6. The molecule has 7 heteroatoms. The highest BCUT2D eigenvalue weighted by Gasteiger charge is 2.25. The molecule has 3 heterocycles. The molecule has 0 aliphatic carbocycles. The minimum Gasteiger partial charge on any atom is -0.364 e. The van der Waals surface area contributed by atoms with Crippen LogP contribution in [0.25, 0.3) is 0 Å². The van der Waals surface area contributed by atoms with E-state index in [2.05, 4.69) is 66.8 Å². The van der Waals surface area contributed by atoms with Crippen LogP contribution in [-0.4, -0.2) is 50.2 Å². The van der Waals surface area contributed by atoms with Gasteiger partial charge in [0.25, 0.3) is 0 Å². The van der Waals surface area contributed by atoms with Crippen molar-refractivity contribution in [3.63, 3.8) is 0 Å². The molecule has 0 spiro atoms. The highest BCUT2D eigenvalue weighted by Crippen LogP contribution is 2.25. The first-order valence-corrected chi connectivity index (χ1v) is 10.4. The average Bonchev–Trinajstić information content (AvgIpc) is 3.44. The van der Waals surface area contributed by atoms with Crippen LogP contribution in [0.15, 0.2) is 59.7 Å². The number of rotatable bonds is 5. The average molecular weight is 411 g/mol. The Morgan fingerprint density at radius 2 is 1.97 bits per heavy atom. The van der Waals surface area contributed by atoms with E-state index in [1.54, 1.807) is 13.2 Å². The maximum absolute atomic E-state index is 6.29. The van der Waals surface area contributed by atoms with Crippen molar-refractivity contribution in [2.45, 2.75) is 19.0 Å². The molecule has 2 aromatic rings. The predicted molar refractivity (Wildman–Crippen MR) is 121 cm³/mol. The SMILES string of the molecule is CN=C(NCc1ccc(N2CC=CC2)cc1)NC1CCN(c2ncccc2Cl)C1. The summed E-state index contributed by atoms with van der Waals surface area (Å²) in [5.41, 5.74) is 2.50. The van der Waals surface area contributed by atoms with Gasteiger partial charge in [0.2, 0.25) is 0 Å². The van der Waals surface area contributed by atoms with E-state index >= 15 is 0 Å². The molecule has 0 bridgehead atoms. The molecule has 2 N–H and O–H groups in total. The lowest BCUT2D eigenvalue weighted by Crippen LogP contribution is -2.44. The monoisotopic (exact) mass is 410 g/mol. The second-order valence-electron chi connectivity index (χ2n) is 7.35. The van der Waals surface area contributed by atoms with Crippen LogP contribution >= 0.6 is 11.6 Å². The van der Waals surface area contributed by atoms with Crippen LogP contribution in [0.3, 0.4) is 0 Å². The van der Waals surface area contributed by atoms with Gasteiger partial charge in [-0.25, -0.2) is 4.98 Å². The molecule has 0 radical (unpaired) electrons. The summed E-state index contributed by atoms with van der Waals surface area (Å²) in [6, 6.07) is 12.8. The Labute approximate surface area is 177 Å². The van der Waals surface area contributed by atoms with Gasteiger partial charge in [-0.2, -0.15) is 0 Å². The summed E-state index contributed by atoms with van der Waals surface area (Å²) < 4.78 is 0. The maximum Gasteiger partial charge on any atom is 0.191 e. The molecule has 1 aromatic heterocycles. The fourth-order valence-corrected chi connectivity index (χ4v) is 4.01. The van der Waals surface area contributed by atoms with Crippen molar-refractivity contribution in [1.82, 2.24) is 15.6 Å². The van der Waals surface area contributed by atoms with E-state index in [0.29, 0.717) is 11.1 Å². The molecule has 1 atom stereocenters. The van der Waals surface area contributed by atoms with E-state index in [-0.39, 0.29) is 0 Å². The van der Waals surface area contributed by atoms with Gasteiger partial charge in [0.15, 0.2) is 5.96 Å². The summed E-state index contributed by atoms with van der Waals surface area (Å²) in [4.78, 5) is 13.4. The van der Waals surface area contributed by atoms with Crippen molar-refractivity contribution >= 4 is 29.1 Å². The third-order valence-corrected chi connectivity index (χ3v) is 5.67. The molecule has 2 aliphatic heterocycles. The molecule has 29 heavy (non-hydrogen) atoms. The number of benzene rings is 1. The number of guanidine groups is 1. The van der Waals surface area contributed by atoms with Crippen LogP contribution in [0.5, 0.6) is 0 Å². The van der Waals surface area contributed by atoms with E-state index in [0.717, 1.165) is 50.9 Å². The summed E-state index contributed by atoms with van der Waals surface area (Å²) in [7, 11) is 1.81. The van der Waals surface area contributed by atoms with Crippen molar-refractivity contribution in [1.29, 1.82) is 0 Å². The van der Waals surface area contributed by atoms with Gasteiger partial charge in [-0.1, -0.05) is 35.9 Å². The van der Waals surface area contributed by atoms with Gasteiger partial charge in [-0.05, 0) is 36.2 Å². The van der Waals surface area contributed by atoms with E-state index in [1.165, 1.54) is 11.3 Å². The van der Waals surface area contributed by atoms with Crippen molar-refractivity contribution in [2.75, 3.05) is 43.0 Å². The molecule has 1 saturated heterocycles. The third kappa shape index (κ3) is 4.82. The van der Waals surface area contributed by atoms with E-state index in [1.807, 2.05) is 12.1 Å². The number of aliphatic imine (C=N–C) groups is 1. The van der Waals surface area contributed by atoms with E-state index < -0.39 is 0 Å². The zero-order chi connectivity index (χ0) is 20.1. The normalized spacial score (nSPS) is 19.1. The lowest BCUT2D eigenvalue weighted by atomic mass is 10.2. The first-order valence-electron chi connectivity index (χ1n) is 10.0. The number of hydrogen-bond acceptors (Lipinski definition) is 4. The van der Waals surface area contributed by atoms with Gasteiger partial charge in [-0.15, -0.1) is 0 Å². The molecule has 152 valence electrons. The van der Waals surface area contributed by atoms with Gasteiger partial charge >= 0.3 is 0 Å². The van der Waals surface area contributed by atoms with E-state index in [9.17, 15) is 0 Å². The second kappa shape index (κ2) is 9.18. The largest absolute Gasteiger partial charge is 0.364 e. The smallest absolute Gasteiger partial charge is 0.191 e. The van der Waals surface area contributed by atoms with Crippen LogP contribution < -0.4 is 20.4 Å². The van der Waals surface area contributed by atoms with Crippen LogP contribution in [0.1, 0.15) is 12.0 Å². The molecule has 1 aromatic carbocycles. The number of anilines is 2. The molecular weight excluding hydrogens is 384 g/mol. The maximum atomic E-state index is 6.29. The number of nitrogens with zero attached hydrogens (tertiary/aromatic N) is 4. The molecule has 0 saturated carbocycles. The first-order chi connectivity index (χ1) is 14.2. The molecule has 2 aliphatic rings. The molecule has 4 rings (SSSR count). The summed E-state index contributed by atoms with van der Waals surface area (Å²) >= 11 is 6.29. The van der Waals surface area contributed by atoms with Crippen LogP contribution in [0, 0.1) is 0 Å². The lowest BCUT2D eigenvalue weighted by Gasteiger charge is -2.20. The Kier molecular flexibility index (Phi) is 6.20. The van der Waals surface area contributed by atoms with Crippen LogP contribution in [-0.2, 0) is 6.54 Å². The summed E-state index contributed by atoms with van der Waals surface area (Å²) in [5.74, 6) is 1.67. The molecule has 1 unspecified atom stereocenters. The van der Waals surface area contributed by atoms with Crippen LogP contribution in [0.2, 0.25) is 5.02 Å². The molecular formula is C22H27ClN6. The van der Waals surface area contributed by atoms with Crippen molar-refractivity contribution in [3.05, 3.63) is 65.3 Å². The second-order valence-corrected chi connectivity index (χ2v) is 7.76. The lowest BCUT2D eigenvalue weighted by molar-refractivity contribution is 0.648. The number of nitrogens with one attached hydrogen (secondary N) is 2. The fraction of sp³-hybridized carbons (Fsp3) is 0.364. The summed E-state index contributed by atoms with van der Waals surface area (Å²) in [6.07, 6.45) is 7.22. The predicted octanol–water partition coefficient (Wildman–Crippen LogP) is 3.06. The Hall–Kier alpha value is -2.73. The summed E-state index contributed by atoms with van der Waals surface area (Å²) in [5, 5.41) is 7.64. The Morgan fingerprint density at radius 1 is 1.17 bits per heavy atom. The summed E-state index contributed by atoms with van der Waals surface area (Å²) in [6.45, 7) is 4.52.